The van der Waals surface area contributed by atoms with Crippen molar-refractivity contribution >= 4 is 22.7 Å². The van der Waals surface area contributed by atoms with Crippen molar-refractivity contribution in [3.05, 3.63) is 18.7 Å². The summed E-state index contributed by atoms with van der Waals surface area (Å²) in [4.78, 5) is 3.65. The van der Waals surface area contributed by atoms with Gasteiger partial charge in [-0.2, -0.15) is 25.8 Å². The summed E-state index contributed by atoms with van der Waals surface area (Å²) >= 11 is 3.91. The summed E-state index contributed by atoms with van der Waals surface area (Å²) in [5, 5.41) is 0. The third kappa shape index (κ3) is 3.69. The second kappa shape index (κ2) is 4.52. The number of rotatable bonds is 5. The van der Waals surface area contributed by atoms with E-state index in [1.165, 1.54) is 18.7 Å². The molecule has 1 rings (SSSR count). The maximum Gasteiger partial charge on any atom is 0.327 e. The Labute approximate surface area is 82.2 Å². The lowest BCUT2D eigenvalue weighted by molar-refractivity contribution is 0.278. The molecule has 74 valence electrons. The molecule has 0 atom stereocenters. The van der Waals surface area contributed by atoms with Crippen molar-refractivity contribution in [2.45, 2.75) is 6.42 Å². The first-order valence-electron chi connectivity index (χ1n) is 3.65. The predicted molar refractivity (Wildman–Crippen MR) is 51.1 cm³/mol. The third-order valence-electron chi connectivity index (χ3n) is 1.23. The van der Waals surface area contributed by atoms with Crippen molar-refractivity contribution < 1.29 is 12.7 Å². The standard InChI is InChI=1S/C6H10N2O3S2/c9-13(10,5-1-4-12)11-8-3-2-7-6-8/h2-3,6,12H,1,4-5H2. The summed E-state index contributed by atoms with van der Waals surface area (Å²) in [5.74, 6) is 0.487. The van der Waals surface area contributed by atoms with Gasteiger partial charge in [-0.15, -0.1) is 0 Å². The predicted octanol–water partition coefficient (Wildman–Crippen LogP) is -0.0386. The average Bonchev–Trinajstić information content (AvgIpc) is 2.52. The highest BCUT2D eigenvalue weighted by molar-refractivity contribution is 7.87. The highest BCUT2D eigenvalue weighted by Gasteiger charge is 2.11. The molecule has 7 heteroatoms. The Morgan fingerprint density at radius 3 is 2.85 bits per heavy atom. The Hall–Kier alpha value is -0.690. The molecule has 0 aliphatic carbocycles. The minimum Gasteiger partial charge on any atom is -0.286 e. The molecule has 0 saturated heterocycles. The van der Waals surface area contributed by atoms with E-state index in [4.69, 9.17) is 0 Å². The SMILES string of the molecule is O=S(=O)(CCCS)On1ccnc1. The second-order valence-electron chi connectivity index (χ2n) is 2.34. The maximum absolute atomic E-state index is 11.2. The topological polar surface area (TPSA) is 61.2 Å². The van der Waals surface area contributed by atoms with Crippen LogP contribution in [0.3, 0.4) is 0 Å². The van der Waals surface area contributed by atoms with Crippen molar-refractivity contribution in [2.75, 3.05) is 11.5 Å². The molecule has 1 aromatic heterocycles. The van der Waals surface area contributed by atoms with Crippen LogP contribution in [0.25, 0.3) is 0 Å². The van der Waals surface area contributed by atoms with E-state index in [1.54, 1.807) is 0 Å². The van der Waals surface area contributed by atoms with Crippen molar-refractivity contribution in [3.8, 4) is 0 Å². The molecule has 0 unspecified atom stereocenters. The van der Waals surface area contributed by atoms with E-state index in [1.807, 2.05) is 0 Å². The van der Waals surface area contributed by atoms with Crippen LogP contribution in [0.2, 0.25) is 0 Å². The van der Waals surface area contributed by atoms with E-state index in [-0.39, 0.29) is 5.75 Å². The zero-order valence-corrected chi connectivity index (χ0v) is 8.54. The van der Waals surface area contributed by atoms with E-state index in [0.29, 0.717) is 12.2 Å². The molecule has 13 heavy (non-hydrogen) atoms. The van der Waals surface area contributed by atoms with E-state index in [0.717, 1.165) is 4.73 Å². The lowest BCUT2D eigenvalue weighted by Gasteiger charge is -2.04. The molecule has 0 aliphatic rings. The largest absolute Gasteiger partial charge is 0.327 e. The van der Waals surface area contributed by atoms with Gasteiger partial charge in [0.25, 0.3) is 0 Å². The van der Waals surface area contributed by atoms with E-state index >= 15 is 0 Å². The van der Waals surface area contributed by atoms with Crippen LogP contribution in [0.1, 0.15) is 6.42 Å². The lowest BCUT2D eigenvalue weighted by atomic mass is 10.6. The summed E-state index contributed by atoms with van der Waals surface area (Å²) in [6.45, 7) is 0. The molecule has 1 heterocycles. The van der Waals surface area contributed by atoms with Gasteiger partial charge in [0.15, 0.2) is 0 Å². The van der Waals surface area contributed by atoms with Crippen molar-refractivity contribution in [1.82, 2.24) is 9.71 Å². The second-order valence-corrected chi connectivity index (χ2v) is 4.46. The molecular formula is C6H10N2O3S2. The van der Waals surface area contributed by atoms with E-state index < -0.39 is 10.1 Å². The molecule has 0 aromatic carbocycles. The lowest BCUT2D eigenvalue weighted by Crippen LogP contribution is -2.21. The highest BCUT2D eigenvalue weighted by Crippen LogP contribution is 1.95. The highest BCUT2D eigenvalue weighted by atomic mass is 32.2. The zero-order valence-electron chi connectivity index (χ0n) is 6.83. The summed E-state index contributed by atoms with van der Waals surface area (Å²) < 4.78 is 28.0. The summed E-state index contributed by atoms with van der Waals surface area (Å²) in [5.41, 5.74) is 0. The van der Waals surface area contributed by atoms with E-state index in [2.05, 4.69) is 21.9 Å². The van der Waals surface area contributed by atoms with Gasteiger partial charge >= 0.3 is 10.1 Å². The first-order valence-corrected chi connectivity index (χ1v) is 5.86. The zero-order chi connectivity index (χ0) is 9.73. The number of hydrogen-bond donors (Lipinski definition) is 1. The number of aromatic nitrogens is 2. The molecule has 0 bridgehead atoms. The van der Waals surface area contributed by atoms with Gasteiger partial charge in [-0.3, -0.25) is 4.28 Å². The van der Waals surface area contributed by atoms with Gasteiger partial charge in [-0.1, -0.05) is 0 Å². The fourth-order valence-electron chi connectivity index (χ4n) is 0.701. The van der Waals surface area contributed by atoms with Crippen LogP contribution < -0.4 is 4.28 Å². The van der Waals surface area contributed by atoms with Gasteiger partial charge in [0.2, 0.25) is 0 Å². The first kappa shape index (κ1) is 10.4. The molecule has 0 fully saturated rings. The number of thiol groups is 1. The Morgan fingerprint density at radius 1 is 1.54 bits per heavy atom. The Kier molecular flexibility index (Phi) is 3.61. The van der Waals surface area contributed by atoms with Crippen LogP contribution in [0.15, 0.2) is 18.7 Å². The quantitative estimate of drug-likeness (QED) is 0.710. The molecule has 0 amide bonds. The summed E-state index contributed by atoms with van der Waals surface area (Å²) in [6, 6.07) is 0. The average molecular weight is 222 g/mol. The van der Waals surface area contributed by atoms with Crippen LogP contribution in [-0.4, -0.2) is 29.6 Å². The van der Waals surface area contributed by atoms with Crippen LogP contribution in [-0.2, 0) is 10.1 Å². The van der Waals surface area contributed by atoms with Crippen LogP contribution in [0, 0.1) is 0 Å². The summed E-state index contributed by atoms with van der Waals surface area (Å²) in [6.07, 6.45) is 4.60. The van der Waals surface area contributed by atoms with Crippen molar-refractivity contribution in [3.63, 3.8) is 0 Å². The van der Waals surface area contributed by atoms with Gasteiger partial charge in [0.1, 0.15) is 6.33 Å². The number of hydrogen-bond acceptors (Lipinski definition) is 5. The minimum atomic E-state index is -3.49. The number of imidazole rings is 1. The van der Waals surface area contributed by atoms with Crippen LogP contribution in [0.5, 0.6) is 0 Å². The first-order chi connectivity index (χ1) is 6.14. The normalized spacial score (nSPS) is 11.5. The fraction of sp³-hybridized carbons (Fsp3) is 0.500. The Balaban J connectivity index is 2.53. The monoisotopic (exact) mass is 222 g/mol. The van der Waals surface area contributed by atoms with Gasteiger partial charge in [0.05, 0.1) is 11.9 Å². The van der Waals surface area contributed by atoms with Gasteiger partial charge in [0, 0.05) is 6.20 Å². The smallest absolute Gasteiger partial charge is 0.286 e. The molecule has 5 nitrogen and oxygen atoms in total. The van der Waals surface area contributed by atoms with Crippen LogP contribution in [0.4, 0.5) is 0 Å². The molecule has 0 spiro atoms. The molecule has 1 aromatic rings. The van der Waals surface area contributed by atoms with Gasteiger partial charge in [-0.25, -0.2) is 4.98 Å². The Bertz CT molecular complexity index is 333. The van der Waals surface area contributed by atoms with Gasteiger partial charge in [-0.05, 0) is 12.2 Å². The van der Waals surface area contributed by atoms with E-state index in [9.17, 15) is 8.42 Å². The molecular weight excluding hydrogens is 212 g/mol. The molecule has 0 radical (unpaired) electrons. The van der Waals surface area contributed by atoms with Gasteiger partial charge < -0.3 is 0 Å². The minimum absolute atomic E-state index is 0.0331. The molecule has 0 N–H and O–H groups in total. The van der Waals surface area contributed by atoms with Crippen molar-refractivity contribution in [1.29, 1.82) is 0 Å². The molecule has 0 saturated carbocycles. The number of nitrogens with zero attached hydrogens (tertiary/aromatic N) is 2. The third-order valence-corrected chi connectivity index (χ3v) is 2.74. The van der Waals surface area contributed by atoms with Crippen LogP contribution >= 0.6 is 12.6 Å². The maximum atomic E-state index is 11.2. The Morgan fingerprint density at radius 2 is 2.31 bits per heavy atom. The van der Waals surface area contributed by atoms with Crippen molar-refractivity contribution in [2.24, 2.45) is 0 Å². The summed E-state index contributed by atoms with van der Waals surface area (Å²) in [7, 11) is -3.49. The fourth-order valence-corrected chi connectivity index (χ4v) is 2.00. The molecule has 0 aliphatic heterocycles.